The number of aliphatic carboxylic acids is 1. The number of furan rings is 1. The fraction of sp³-hybridized carbons (Fsp3) is 0.417. The van der Waals surface area contributed by atoms with Gasteiger partial charge in [-0.05, 0) is 18.6 Å². The summed E-state index contributed by atoms with van der Waals surface area (Å²) in [5.41, 5.74) is 0. The van der Waals surface area contributed by atoms with Crippen LogP contribution >= 0.6 is 0 Å². The maximum Gasteiger partial charge on any atom is 0.328 e. The molecule has 4 N–H and O–H groups in total. The topological polar surface area (TPSA) is 129 Å². The van der Waals surface area contributed by atoms with Crippen LogP contribution in [0.5, 0.6) is 0 Å². The van der Waals surface area contributed by atoms with E-state index in [1.807, 2.05) is 0 Å². The van der Waals surface area contributed by atoms with Gasteiger partial charge in [-0.3, -0.25) is 9.59 Å². The number of aliphatic hydroxyl groups excluding tert-OH is 1. The Balaban J connectivity index is 2.19. The molecule has 0 aromatic carbocycles. The van der Waals surface area contributed by atoms with Crippen molar-refractivity contribution in [1.82, 2.24) is 10.6 Å². The van der Waals surface area contributed by atoms with Crippen molar-refractivity contribution in [1.29, 1.82) is 0 Å². The summed E-state index contributed by atoms with van der Waals surface area (Å²) in [6.07, 6.45) is 1.77. The Hall–Kier alpha value is -2.35. The number of carboxylic acid groups (broad SMARTS) is 1. The Morgan fingerprint density at radius 2 is 2.10 bits per heavy atom. The molecule has 0 radical (unpaired) electrons. The van der Waals surface area contributed by atoms with Gasteiger partial charge in [0, 0.05) is 13.0 Å². The molecule has 0 aliphatic heterocycles. The lowest BCUT2D eigenvalue weighted by Crippen LogP contribution is -2.43. The van der Waals surface area contributed by atoms with E-state index in [-0.39, 0.29) is 24.6 Å². The highest BCUT2D eigenvalue weighted by Gasteiger charge is 2.18. The molecule has 0 aliphatic rings. The van der Waals surface area contributed by atoms with Crippen LogP contribution in [0.2, 0.25) is 0 Å². The summed E-state index contributed by atoms with van der Waals surface area (Å²) in [4.78, 5) is 33.4. The molecular formula is C12H16N2O6. The van der Waals surface area contributed by atoms with Crippen LogP contribution in [0.1, 0.15) is 23.4 Å². The average molecular weight is 284 g/mol. The Kier molecular flexibility index (Phi) is 6.24. The first-order valence-electron chi connectivity index (χ1n) is 5.99. The van der Waals surface area contributed by atoms with Gasteiger partial charge in [0.1, 0.15) is 6.04 Å². The number of carbonyl (C=O) groups excluding carboxylic acids is 2. The molecule has 2 amide bonds. The van der Waals surface area contributed by atoms with Crippen molar-refractivity contribution in [3.63, 3.8) is 0 Å². The van der Waals surface area contributed by atoms with Gasteiger partial charge in [0.15, 0.2) is 5.76 Å². The van der Waals surface area contributed by atoms with Gasteiger partial charge >= 0.3 is 5.97 Å². The summed E-state index contributed by atoms with van der Waals surface area (Å²) in [5.74, 6) is -2.00. The van der Waals surface area contributed by atoms with Crippen LogP contribution in [0.4, 0.5) is 0 Å². The van der Waals surface area contributed by atoms with Gasteiger partial charge in [-0.1, -0.05) is 0 Å². The van der Waals surface area contributed by atoms with E-state index in [0.29, 0.717) is 6.42 Å². The lowest BCUT2D eigenvalue weighted by molar-refractivity contribution is -0.142. The fourth-order valence-electron chi connectivity index (χ4n) is 1.40. The molecule has 1 rings (SSSR count). The second kappa shape index (κ2) is 7.95. The largest absolute Gasteiger partial charge is 0.480 e. The Morgan fingerprint density at radius 3 is 2.65 bits per heavy atom. The predicted molar refractivity (Wildman–Crippen MR) is 66.9 cm³/mol. The van der Waals surface area contributed by atoms with E-state index in [2.05, 4.69) is 10.6 Å². The molecule has 110 valence electrons. The molecule has 1 atom stereocenters. The Bertz CT molecular complexity index is 457. The number of carbonyl (C=O) groups is 3. The van der Waals surface area contributed by atoms with Crippen LogP contribution in [0.15, 0.2) is 22.8 Å². The number of rotatable bonds is 8. The van der Waals surface area contributed by atoms with E-state index in [1.54, 1.807) is 6.07 Å². The van der Waals surface area contributed by atoms with Crippen LogP contribution in [0, 0.1) is 0 Å². The zero-order valence-electron chi connectivity index (χ0n) is 10.7. The van der Waals surface area contributed by atoms with Crippen molar-refractivity contribution < 1.29 is 29.0 Å². The molecule has 8 nitrogen and oxygen atoms in total. The highest BCUT2D eigenvalue weighted by molar-refractivity contribution is 5.91. The third-order valence-corrected chi connectivity index (χ3v) is 2.43. The van der Waals surface area contributed by atoms with Crippen molar-refractivity contribution in [3.8, 4) is 0 Å². The lowest BCUT2D eigenvalue weighted by Gasteiger charge is -2.11. The molecule has 0 bridgehead atoms. The molecule has 0 saturated heterocycles. The molecule has 1 aromatic heterocycles. The quantitative estimate of drug-likeness (QED) is 0.469. The molecule has 1 heterocycles. The second-order valence-corrected chi connectivity index (χ2v) is 3.98. The van der Waals surface area contributed by atoms with Gasteiger partial charge in [-0.15, -0.1) is 0 Å². The minimum atomic E-state index is -1.31. The highest BCUT2D eigenvalue weighted by Crippen LogP contribution is 1.99. The first kappa shape index (κ1) is 15.7. The Morgan fingerprint density at radius 1 is 1.35 bits per heavy atom. The van der Waals surface area contributed by atoms with Gasteiger partial charge < -0.3 is 25.3 Å². The second-order valence-electron chi connectivity index (χ2n) is 3.98. The van der Waals surface area contributed by atoms with Crippen molar-refractivity contribution >= 4 is 17.8 Å². The van der Waals surface area contributed by atoms with Crippen LogP contribution < -0.4 is 10.6 Å². The maximum atomic E-state index is 11.4. The average Bonchev–Trinajstić information content (AvgIpc) is 2.94. The van der Waals surface area contributed by atoms with E-state index in [9.17, 15) is 14.4 Å². The number of aliphatic hydroxyl groups is 1. The SMILES string of the molecule is O=C(CCCNC(=O)c1ccco1)N[C@H](CO)C(=O)O. The molecule has 20 heavy (non-hydrogen) atoms. The van der Waals surface area contributed by atoms with Gasteiger partial charge in [0.2, 0.25) is 5.91 Å². The molecule has 8 heteroatoms. The van der Waals surface area contributed by atoms with Gasteiger partial charge in [-0.2, -0.15) is 0 Å². The van der Waals surface area contributed by atoms with E-state index in [0.717, 1.165) is 0 Å². The minimum Gasteiger partial charge on any atom is -0.480 e. The number of hydrogen-bond donors (Lipinski definition) is 4. The maximum absolute atomic E-state index is 11.4. The summed E-state index contributed by atoms with van der Waals surface area (Å²) in [7, 11) is 0. The predicted octanol–water partition coefficient (Wildman–Crippen LogP) is -0.649. The lowest BCUT2D eigenvalue weighted by atomic mass is 10.2. The summed E-state index contributed by atoms with van der Waals surface area (Å²) in [6, 6.07) is 1.80. The van der Waals surface area contributed by atoms with Crippen LogP contribution in [-0.4, -0.2) is 47.2 Å². The third kappa shape index (κ3) is 5.11. The fourth-order valence-corrected chi connectivity index (χ4v) is 1.40. The number of nitrogens with one attached hydrogen (secondary N) is 2. The van der Waals surface area contributed by atoms with Crippen LogP contribution in [0.3, 0.4) is 0 Å². The molecule has 0 unspecified atom stereocenters. The number of amides is 2. The molecular weight excluding hydrogens is 268 g/mol. The minimum absolute atomic E-state index is 0.0439. The highest BCUT2D eigenvalue weighted by atomic mass is 16.4. The molecule has 0 fully saturated rings. The standard InChI is InChI=1S/C12H16N2O6/c15-7-8(12(18)19)14-10(16)4-1-5-13-11(17)9-3-2-6-20-9/h2-3,6,8,15H,1,4-5,7H2,(H,13,17)(H,14,16)(H,18,19)/t8-/m1/s1. The van der Waals surface area contributed by atoms with Gasteiger partial charge in [-0.25, -0.2) is 4.79 Å². The third-order valence-electron chi connectivity index (χ3n) is 2.43. The summed E-state index contributed by atoms with van der Waals surface area (Å²) in [6.45, 7) is -0.417. The summed E-state index contributed by atoms with van der Waals surface area (Å²) >= 11 is 0. The normalized spacial score (nSPS) is 11.7. The zero-order chi connectivity index (χ0) is 15.0. The van der Waals surface area contributed by atoms with Gasteiger partial charge in [0.25, 0.3) is 5.91 Å². The van der Waals surface area contributed by atoms with E-state index in [1.165, 1.54) is 12.3 Å². The van der Waals surface area contributed by atoms with Crippen molar-refractivity contribution in [2.75, 3.05) is 13.2 Å². The molecule has 1 aromatic rings. The summed E-state index contributed by atoms with van der Waals surface area (Å²) < 4.78 is 4.88. The van der Waals surface area contributed by atoms with Crippen LogP contribution in [0.25, 0.3) is 0 Å². The van der Waals surface area contributed by atoms with E-state index >= 15 is 0 Å². The first-order valence-corrected chi connectivity index (χ1v) is 5.99. The number of hydrogen-bond acceptors (Lipinski definition) is 5. The van der Waals surface area contributed by atoms with Crippen LogP contribution in [-0.2, 0) is 9.59 Å². The molecule has 0 spiro atoms. The van der Waals surface area contributed by atoms with E-state index < -0.39 is 24.5 Å². The monoisotopic (exact) mass is 284 g/mol. The first-order chi connectivity index (χ1) is 9.54. The smallest absolute Gasteiger partial charge is 0.328 e. The number of carboxylic acids is 1. The zero-order valence-corrected chi connectivity index (χ0v) is 10.7. The van der Waals surface area contributed by atoms with Gasteiger partial charge in [0.05, 0.1) is 12.9 Å². The van der Waals surface area contributed by atoms with Crippen molar-refractivity contribution in [3.05, 3.63) is 24.2 Å². The molecule has 0 aliphatic carbocycles. The van der Waals surface area contributed by atoms with Crippen molar-refractivity contribution in [2.24, 2.45) is 0 Å². The van der Waals surface area contributed by atoms with E-state index in [4.69, 9.17) is 14.6 Å². The van der Waals surface area contributed by atoms with Crippen molar-refractivity contribution in [2.45, 2.75) is 18.9 Å². The Labute approximate surface area is 114 Å². The molecule has 0 saturated carbocycles. The summed E-state index contributed by atoms with van der Waals surface area (Å²) in [5, 5.41) is 22.1.